The molecular formula is C10H7FNO2P. The highest BCUT2D eigenvalue weighted by atomic mass is 31.0. The van der Waals surface area contributed by atoms with E-state index in [2.05, 4.69) is 14.4 Å². The Bertz CT molecular complexity index is 493. The molecule has 15 heavy (non-hydrogen) atoms. The molecule has 2 aromatic rings. The van der Waals surface area contributed by atoms with Gasteiger partial charge in [0, 0.05) is 5.56 Å². The minimum Gasteiger partial charge on any atom is -0.352 e. The third-order valence-electron chi connectivity index (χ3n) is 1.94. The Kier molecular flexibility index (Phi) is 2.60. The van der Waals surface area contributed by atoms with E-state index < -0.39 is 5.82 Å². The van der Waals surface area contributed by atoms with Crippen LogP contribution in [-0.4, -0.2) is 11.4 Å². The molecule has 1 atom stereocenters. The van der Waals surface area contributed by atoms with Crippen LogP contribution in [0.25, 0.3) is 11.3 Å². The molecule has 0 bridgehead atoms. The van der Waals surface area contributed by atoms with Crippen LogP contribution in [0.3, 0.4) is 0 Å². The number of carbonyl (C=O) groups is 1. The highest BCUT2D eigenvalue weighted by molar-refractivity contribution is 7.27. The van der Waals surface area contributed by atoms with Crippen molar-refractivity contribution in [2.24, 2.45) is 0 Å². The molecule has 1 unspecified atom stereocenters. The van der Waals surface area contributed by atoms with Gasteiger partial charge in [-0.25, -0.2) is 4.39 Å². The fourth-order valence-corrected chi connectivity index (χ4v) is 1.37. The number of halogens is 1. The zero-order valence-corrected chi connectivity index (χ0v) is 8.76. The molecule has 0 saturated heterocycles. The molecule has 1 aromatic carbocycles. The van der Waals surface area contributed by atoms with Crippen molar-refractivity contribution in [3.63, 3.8) is 0 Å². The van der Waals surface area contributed by atoms with Gasteiger partial charge >= 0.3 is 0 Å². The van der Waals surface area contributed by atoms with E-state index in [1.807, 2.05) is 0 Å². The van der Waals surface area contributed by atoms with Crippen molar-refractivity contribution >= 4 is 20.8 Å². The minimum atomic E-state index is -0.721. The molecule has 0 amide bonds. The normalized spacial score (nSPS) is 10.3. The molecule has 76 valence electrons. The minimum absolute atomic E-state index is 0.0119. The summed E-state index contributed by atoms with van der Waals surface area (Å²) in [5, 5.41) is 4.29. The molecule has 1 heterocycles. The number of carbonyl (C=O) groups excluding carboxylic acids is 1. The third-order valence-corrected chi connectivity index (χ3v) is 2.33. The Morgan fingerprint density at radius 1 is 1.33 bits per heavy atom. The second-order valence-electron chi connectivity index (χ2n) is 2.95. The standard InChI is InChI=1S/C10H7FNO2P/c11-9-8(5-13)12-14-10(9)6-1-3-7(15)4-2-6/h1-5H,15H2. The quantitative estimate of drug-likeness (QED) is 0.575. The highest BCUT2D eigenvalue weighted by Gasteiger charge is 2.16. The van der Waals surface area contributed by atoms with E-state index in [0.29, 0.717) is 11.8 Å². The number of aldehydes is 1. The third kappa shape index (κ3) is 1.81. The van der Waals surface area contributed by atoms with E-state index in [0.717, 1.165) is 5.30 Å². The van der Waals surface area contributed by atoms with Gasteiger partial charge in [0.25, 0.3) is 0 Å². The predicted molar refractivity (Wildman–Crippen MR) is 56.6 cm³/mol. The van der Waals surface area contributed by atoms with Crippen molar-refractivity contribution in [1.29, 1.82) is 0 Å². The van der Waals surface area contributed by atoms with Gasteiger partial charge in [0.1, 0.15) is 0 Å². The van der Waals surface area contributed by atoms with Crippen molar-refractivity contribution in [2.45, 2.75) is 0 Å². The summed E-state index contributed by atoms with van der Waals surface area (Å²) in [6.45, 7) is 0. The lowest BCUT2D eigenvalue weighted by atomic mass is 10.1. The van der Waals surface area contributed by atoms with Gasteiger partial charge in [-0.05, 0) is 5.30 Å². The van der Waals surface area contributed by atoms with Crippen molar-refractivity contribution in [3.05, 3.63) is 35.8 Å². The van der Waals surface area contributed by atoms with Crippen LogP contribution in [0.5, 0.6) is 0 Å². The summed E-state index contributed by atoms with van der Waals surface area (Å²) in [5.41, 5.74) is 0.249. The van der Waals surface area contributed by atoms with Gasteiger partial charge in [0.05, 0.1) is 0 Å². The fraction of sp³-hybridized carbons (Fsp3) is 0. The molecule has 1 aromatic heterocycles. The van der Waals surface area contributed by atoms with Crippen molar-refractivity contribution < 1.29 is 13.7 Å². The fourth-order valence-electron chi connectivity index (χ4n) is 1.18. The predicted octanol–water partition coefficient (Wildman–Crippen LogP) is 1.79. The Morgan fingerprint density at radius 2 is 2.00 bits per heavy atom. The van der Waals surface area contributed by atoms with Gasteiger partial charge in [-0.1, -0.05) is 29.4 Å². The maximum Gasteiger partial charge on any atom is 0.203 e. The number of hydrogen-bond acceptors (Lipinski definition) is 3. The lowest BCUT2D eigenvalue weighted by molar-refractivity contribution is 0.111. The van der Waals surface area contributed by atoms with E-state index in [1.54, 1.807) is 24.3 Å². The molecule has 0 saturated carbocycles. The second-order valence-corrected chi connectivity index (χ2v) is 3.62. The van der Waals surface area contributed by atoms with Crippen LogP contribution >= 0.6 is 9.24 Å². The van der Waals surface area contributed by atoms with E-state index in [4.69, 9.17) is 4.52 Å². The molecule has 0 aliphatic rings. The first-order valence-corrected chi connectivity index (χ1v) is 4.76. The lowest BCUT2D eigenvalue weighted by Crippen LogP contribution is -1.89. The zero-order valence-electron chi connectivity index (χ0n) is 7.61. The molecule has 0 fully saturated rings. The van der Waals surface area contributed by atoms with Gasteiger partial charge in [0.2, 0.25) is 11.6 Å². The summed E-state index contributed by atoms with van der Waals surface area (Å²) in [4.78, 5) is 10.4. The van der Waals surface area contributed by atoms with Gasteiger partial charge in [-0.15, -0.1) is 9.24 Å². The molecule has 0 N–H and O–H groups in total. The molecule has 2 rings (SSSR count). The molecule has 0 aliphatic heterocycles. The van der Waals surface area contributed by atoms with Crippen LogP contribution in [0.1, 0.15) is 10.5 Å². The van der Waals surface area contributed by atoms with Crippen molar-refractivity contribution in [2.75, 3.05) is 0 Å². The second kappa shape index (κ2) is 3.91. The average Bonchev–Trinajstić information content (AvgIpc) is 2.61. The molecule has 0 aliphatic carbocycles. The highest BCUT2D eigenvalue weighted by Crippen LogP contribution is 2.23. The van der Waals surface area contributed by atoms with Crippen molar-refractivity contribution in [3.8, 4) is 11.3 Å². The first kappa shape index (κ1) is 9.99. The summed E-state index contributed by atoms with van der Waals surface area (Å²) < 4.78 is 18.2. The summed E-state index contributed by atoms with van der Waals surface area (Å²) >= 11 is 0. The topological polar surface area (TPSA) is 43.1 Å². The zero-order chi connectivity index (χ0) is 10.8. The Balaban J connectivity index is 2.49. The van der Waals surface area contributed by atoms with Gasteiger partial charge in [0.15, 0.2) is 12.0 Å². The number of aromatic nitrogens is 1. The summed E-state index contributed by atoms with van der Waals surface area (Å²) in [6, 6.07) is 6.98. The Hall–Kier alpha value is -1.54. The SMILES string of the molecule is O=Cc1noc(-c2ccc(P)cc2)c1F. The monoisotopic (exact) mass is 223 g/mol. The molecule has 0 spiro atoms. The summed E-state index contributed by atoms with van der Waals surface area (Å²) in [7, 11) is 2.52. The van der Waals surface area contributed by atoms with Crippen molar-refractivity contribution in [1.82, 2.24) is 5.16 Å². The Morgan fingerprint density at radius 3 is 2.53 bits per heavy atom. The summed E-state index contributed by atoms with van der Waals surface area (Å²) in [6.07, 6.45) is 0.326. The van der Waals surface area contributed by atoms with E-state index in [1.165, 1.54) is 0 Å². The van der Waals surface area contributed by atoms with Crippen LogP contribution in [0.2, 0.25) is 0 Å². The van der Waals surface area contributed by atoms with Gasteiger partial charge in [-0.3, -0.25) is 4.79 Å². The smallest absolute Gasteiger partial charge is 0.203 e. The largest absolute Gasteiger partial charge is 0.352 e. The van der Waals surface area contributed by atoms with Crippen LogP contribution in [0, 0.1) is 5.82 Å². The molecule has 5 heteroatoms. The molecule has 0 radical (unpaired) electrons. The number of benzene rings is 1. The number of nitrogens with zero attached hydrogens (tertiary/aromatic N) is 1. The first-order chi connectivity index (χ1) is 7.22. The Labute approximate surface area is 87.5 Å². The van der Waals surface area contributed by atoms with Gasteiger partial charge < -0.3 is 4.52 Å². The van der Waals surface area contributed by atoms with Crippen LogP contribution < -0.4 is 5.30 Å². The van der Waals surface area contributed by atoms with E-state index >= 15 is 0 Å². The average molecular weight is 223 g/mol. The maximum atomic E-state index is 13.4. The van der Waals surface area contributed by atoms with Crippen LogP contribution in [-0.2, 0) is 0 Å². The molecule has 3 nitrogen and oxygen atoms in total. The van der Waals surface area contributed by atoms with Crippen LogP contribution in [0.15, 0.2) is 28.8 Å². The van der Waals surface area contributed by atoms with Crippen LogP contribution in [0.4, 0.5) is 4.39 Å². The number of rotatable bonds is 2. The first-order valence-electron chi connectivity index (χ1n) is 4.18. The summed E-state index contributed by atoms with van der Waals surface area (Å²) in [5.74, 6) is -0.733. The lowest BCUT2D eigenvalue weighted by Gasteiger charge is -1.95. The molecular weight excluding hydrogens is 216 g/mol. The van der Waals surface area contributed by atoms with Gasteiger partial charge in [-0.2, -0.15) is 0 Å². The maximum absolute atomic E-state index is 13.4. The number of hydrogen-bond donors (Lipinski definition) is 0. The van der Waals surface area contributed by atoms with E-state index in [9.17, 15) is 9.18 Å². The van der Waals surface area contributed by atoms with E-state index in [-0.39, 0.29) is 11.5 Å².